The van der Waals surface area contributed by atoms with Crippen LogP contribution in [0, 0.1) is 11.8 Å². The third-order valence-corrected chi connectivity index (χ3v) is 3.94. The standard InChI is InChI=1S/C15H23NO3/c1-2-19-15(18)13-8-5-9-16(11-13)14(17)10-12-6-3-4-7-12/h3,6,12-13H,2,4-5,7-11H2,1H3/t12-,13+/m1/s1. The summed E-state index contributed by atoms with van der Waals surface area (Å²) < 4.78 is 5.05. The predicted molar refractivity (Wildman–Crippen MR) is 72.4 cm³/mol. The first-order valence-electron chi connectivity index (χ1n) is 7.31. The summed E-state index contributed by atoms with van der Waals surface area (Å²) in [6.07, 6.45) is 8.79. The number of nitrogens with zero attached hydrogens (tertiary/aromatic N) is 1. The van der Waals surface area contributed by atoms with Crippen molar-refractivity contribution >= 4 is 11.9 Å². The van der Waals surface area contributed by atoms with Gasteiger partial charge < -0.3 is 9.64 Å². The molecule has 0 bridgehead atoms. The van der Waals surface area contributed by atoms with Crippen molar-refractivity contribution in [3.8, 4) is 0 Å². The molecule has 0 N–H and O–H groups in total. The Balaban J connectivity index is 1.84. The van der Waals surface area contributed by atoms with Gasteiger partial charge in [0.05, 0.1) is 12.5 Å². The summed E-state index contributed by atoms with van der Waals surface area (Å²) >= 11 is 0. The number of carbonyl (C=O) groups is 2. The number of hydrogen-bond donors (Lipinski definition) is 0. The first-order valence-corrected chi connectivity index (χ1v) is 7.31. The van der Waals surface area contributed by atoms with Crippen LogP contribution in [0.25, 0.3) is 0 Å². The van der Waals surface area contributed by atoms with E-state index in [0.29, 0.717) is 25.5 Å². The molecule has 1 aliphatic heterocycles. The highest BCUT2D eigenvalue weighted by Gasteiger charge is 2.30. The maximum Gasteiger partial charge on any atom is 0.310 e. The second kappa shape index (κ2) is 6.73. The van der Waals surface area contributed by atoms with Crippen LogP contribution in [0.1, 0.15) is 39.0 Å². The molecule has 1 aliphatic carbocycles. The molecule has 4 nitrogen and oxygen atoms in total. The minimum absolute atomic E-state index is 0.128. The van der Waals surface area contributed by atoms with Crippen LogP contribution < -0.4 is 0 Å². The Kier molecular flexibility index (Phi) is 5.00. The average molecular weight is 265 g/mol. The van der Waals surface area contributed by atoms with Crippen molar-refractivity contribution in [2.45, 2.75) is 39.0 Å². The van der Waals surface area contributed by atoms with E-state index in [-0.39, 0.29) is 17.8 Å². The van der Waals surface area contributed by atoms with Gasteiger partial charge in [0.25, 0.3) is 0 Å². The van der Waals surface area contributed by atoms with E-state index in [0.717, 1.165) is 32.2 Å². The van der Waals surface area contributed by atoms with E-state index in [9.17, 15) is 9.59 Å². The fraction of sp³-hybridized carbons (Fsp3) is 0.733. The zero-order valence-electron chi connectivity index (χ0n) is 11.6. The smallest absolute Gasteiger partial charge is 0.310 e. The van der Waals surface area contributed by atoms with Gasteiger partial charge in [0.1, 0.15) is 0 Å². The van der Waals surface area contributed by atoms with Crippen LogP contribution in [-0.2, 0) is 14.3 Å². The minimum atomic E-state index is -0.152. The molecule has 106 valence electrons. The van der Waals surface area contributed by atoms with Crippen molar-refractivity contribution in [3.63, 3.8) is 0 Å². The molecule has 0 aromatic carbocycles. The molecule has 2 aliphatic rings. The van der Waals surface area contributed by atoms with Crippen LogP contribution in [0.5, 0.6) is 0 Å². The lowest BCUT2D eigenvalue weighted by Crippen LogP contribution is -2.43. The van der Waals surface area contributed by atoms with E-state index in [1.54, 1.807) is 0 Å². The number of amides is 1. The van der Waals surface area contributed by atoms with Gasteiger partial charge in [-0.25, -0.2) is 0 Å². The molecule has 1 amide bonds. The number of hydrogen-bond acceptors (Lipinski definition) is 3. The average Bonchev–Trinajstić information content (AvgIpc) is 2.92. The molecule has 1 heterocycles. The van der Waals surface area contributed by atoms with Gasteiger partial charge in [-0.05, 0) is 38.5 Å². The highest BCUT2D eigenvalue weighted by atomic mass is 16.5. The number of esters is 1. The molecule has 0 aromatic rings. The predicted octanol–water partition coefficient (Wildman–Crippen LogP) is 2.14. The topological polar surface area (TPSA) is 46.6 Å². The first kappa shape index (κ1) is 14.1. The lowest BCUT2D eigenvalue weighted by atomic mass is 9.96. The normalized spacial score (nSPS) is 26.5. The fourth-order valence-electron chi connectivity index (χ4n) is 2.87. The quantitative estimate of drug-likeness (QED) is 0.578. The van der Waals surface area contributed by atoms with Gasteiger partial charge in [-0.2, -0.15) is 0 Å². The third-order valence-electron chi connectivity index (χ3n) is 3.94. The van der Waals surface area contributed by atoms with Crippen LogP contribution in [0.2, 0.25) is 0 Å². The third kappa shape index (κ3) is 3.82. The SMILES string of the molecule is CCOC(=O)[C@H]1CCCN(C(=O)C[C@@H]2C=CCC2)C1. The maximum absolute atomic E-state index is 12.2. The molecule has 0 spiro atoms. The maximum atomic E-state index is 12.2. The molecule has 1 saturated heterocycles. The molecule has 1 fully saturated rings. The highest BCUT2D eigenvalue weighted by molar-refractivity contribution is 5.79. The Morgan fingerprint density at radius 1 is 1.37 bits per heavy atom. The van der Waals surface area contributed by atoms with Gasteiger partial charge in [-0.3, -0.25) is 9.59 Å². The molecule has 19 heavy (non-hydrogen) atoms. The van der Waals surface area contributed by atoms with Crippen LogP contribution >= 0.6 is 0 Å². The molecule has 0 aromatic heterocycles. The van der Waals surface area contributed by atoms with Gasteiger partial charge >= 0.3 is 5.97 Å². The van der Waals surface area contributed by atoms with Crippen molar-refractivity contribution in [1.29, 1.82) is 0 Å². The van der Waals surface area contributed by atoms with Gasteiger partial charge in [0.2, 0.25) is 5.91 Å². The Morgan fingerprint density at radius 3 is 2.89 bits per heavy atom. The van der Waals surface area contributed by atoms with Crippen molar-refractivity contribution in [3.05, 3.63) is 12.2 Å². The van der Waals surface area contributed by atoms with E-state index in [1.165, 1.54) is 0 Å². The van der Waals surface area contributed by atoms with Crippen molar-refractivity contribution in [1.82, 2.24) is 4.90 Å². The van der Waals surface area contributed by atoms with Gasteiger partial charge in [-0.1, -0.05) is 12.2 Å². The Bertz CT molecular complexity index is 364. The zero-order valence-corrected chi connectivity index (χ0v) is 11.6. The monoisotopic (exact) mass is 265 g/mol. The zero-order chi connectivity index (χ0) is 13.7. The molecular formula is C15H23NO3. The summed E-state index contributed by atoms with van der Waals surface area (Å²) in [5, 5.41) is 0. The number of piperidine rings is 1. The number of likely N-dealkylation sites (tertiary alicyclic amines) is 1. The molecule has 0 unspecified atom stereocenters. The lowest BCUT2D eigenvalue weighted by molar-refractivity contribution is -0.151. The van der Waals surface area contributed by atoms with E-state index < -0.39 is 0 Å². The second-order valence-corrected chi connectivity index (χ2v) is 5.40. The van der Waals surface area contributed by atoms with E-state index >= 15 is 0 Å². The fourth-order valence-corrected chi connectivity index (χ4v) is 2.87. The summed E-state index contributed by atoms with van der Waals surface area (Å²) in [5.74, 6) is 0.304. The van der Waals surface area contributed by atoms with Crippen LogP contribution in [0.4, 0.5) is 0 Å². The Hall–Kier alpha value is -1.32. The van der Waals surface area contributed by atoms with E-state index in [1.807, 2.05) is 11.8 Å². The highest BCUT2D eigenvalue weighted by Crippen LogP contribution is 2.24. The molecular weight excluding hydrogens is 242 g/mol. The van der Waals surface area contributed by atoms with Crippen molar-refractivity contribution < 1.29 is 14.3 Å². The van der Waals surface area contributed by atoms with Crippen LogP contribution in [-0.4, -0.2) is 36.5 Å². The van der Waals surface area contributed by atoms with E-state index in [4.69, 9.17) is 4.74 Å². The molecule has 0 radical (unpaired) electrons. The summed E-state index contributed by atoms with van der Waals surface area (Å²) in [6, 6.07) is 0. The lowest BCUT2D eigenvalue weighted by Gasteiger charge is -2.32. The second-order valence-electron chi connectivity index (χ2n) is 5.40. The van der Waals surface area contributed by atoms with Crippen LogP contribution in [0.3, 0.4) is 0 Å². The molecule has 2 rings (SSSR count). The summed E-state index contributed by atoms with van der Waals surface area (Å²) in [5.41, 5.74) is 0. The summed E-state index contributed by atoms with van der Waals surface area (Å²) in [4.78, 5) is 25.8. The molecule has 2 atom stereocenters. The number of rotatable bonds is 4. The summed E-state index contributed by atoms with van der Waals surface area (Å²) in [7, 11) is 0. The van der Waals surface area contributed by atoms with Gasteiger partial charge in [0, 0.05) is 19.5 Å². The largest absolute Gasteiger partial charge is 0.466 e. The number of allylic oxidation sites excluding steroid dienone is 2. The number of carbonyl (C=O) groups excluding carboxylic acids is 2. The number of ether oxygens (including phenoxy) is 1. The molecule has 0 saturated carbocycles. The summed E-state index contributed by atoms with van der Waals surface area (Å²) in [6.45, 7) is 3.55. The Labute approximate surface area is 114 Å². The van der Waals surface area contributed by atoms with E-state index in [2.05, 4.69) is 12.2 Å². The van der Waals surface area contributed by atoms with Crippen molar-refractivity contribution in [2.24, 2.45) is 11.8 Å². The van der Waals surface area contributed by atoms with Gasteiger partial charge in [-0.15, -0.1) is 0 Å². The Morgan fingerprint density at radius 2 is 2.21 bits per heavy atom. The molecule has 4 heteroatoms. The first-order chi connectivity index (χ1) is 9.20. The minimum Gasteiger partial charge on any atom is -0.466 e. The van der Waals surface area contributed by atoms with Gasteiger partial charge in [0.15, 0.2) is 0 Å². The van der Waals surface area contributed by atoms with Crippen molar-refractivity contribution in [2.75, 3.05) is 19.7 Å². The van der Waals surface area contributed by atoms with Crippen LogP contribution in [0.15, 0.2) is 12.2 Å².